The second-order valence-corrected chi connectivity index (χ2v) is 5.88. The lowest BCUT2D eigenvalue weighted by Gasteiger charge is -2.34. The first kappa shape index (κ1) is 18.1. The van der Waals surface area contributed by atoms with E-state index in [1.165, 1.54) is 18.2 Å². The van der Waals surface area contributed by atoms with Crippen LogP contribution in [0.3, 0.4) is 0 Å². The van der Waals surface area contributed by atoms with Crippen LogP contribution in [-0.4, -0.2) is 43.0 Å². The monoisotopic (exact) mass is 346 g/mol. The minimum Gasteiger partial charge on any atom is -0.340 e. The van der Waals surface area contributed by atoms with Crippen molar-refractivity contribution in [2.45, 2.75) is 19.0 Å². The van der Waals surface area contributed by atoms with Crippen molar-refractivity contribution in [2.75, 3.05) is 26.2 Å². The average molecular weight is 347 g/mol. The van der Waals surface area contributed by atoms with E-state index in [-0.39, 0.29) is 29.9 Å². The molecule has 128 valence electrons. The van der Waals surface area contributed by atoms with Crippen molar-refractivity contribution in [2.24, 2.45) is 5.92 Å². The fraction of sp³-hybridized carbons (Fsp3) is 0.533. The van der Waals surface area contributed by atoms with Gasteiger partial charge in [-0.05, 0) is 19.1 Å². The summed E-state index contributed by atoms with van der Waals surface area (Å²) in [6.45, 7) is 4.33. The lowest BCUT2D eigenvalue weighted by atomic mass is 9.92. The molecule has 2 saturated heterocycles. The highest BCUT2D eigenvalue weighted by atomic mass is 35.5. The van der Waals surface area contributed by atoms with Gasteiger partial charge in [0.2, 0.25) is 5.91 Å². The zero-order chi connectivity index (χ0) is 15.7. The summed E-state index contributed by atoms with van der Waals surface area (Å²) in [5, 5.41) is 3.27. The number of carbonyl (C=O) groups excluding carboxylic acids is 1. The Morgan fingerprint density at radius 1 is 1.30 bits per heavy atom. The fourth-order valence-corrected chi connectivity index (χ4v) is 3.18. The number of amides is 1. The van der Waals surface area contributed by atoms with E-state index >= 15 is 0 Å². The predicted octanol–water partition coefficient (Wildman–Crippen LogP) is 0.972. The van der Waals surface area contributed by atoms with Gasteiger partial charge >= 0.3 is 0 Å². The van der Waals surface area contributed by atoms with Crippen molar-refractivity contribution in [1.82, 2.24) is 21.1 Å². The van der Waals surface area contributed by atoms with Crippen molar-refractivity contribution in [3.05, 3.63) is 35.4 Å². The van der Waals surface area contributed by atoms with Crippen LogP contribution in [0, 0.1) is 17.6 Å². The van der Waals surface area contributed by atoms with Crippen LogP contribution in [0.15, 0.2) is 18.2 Å². The molecule has 2 fully saturated rings. The third kappa shape index (κ3) is 3.63. The lowest BCUT2D eigenvalue weighted by molar-refractivity contribution is -0.136. The van der Waals surface area contributed by atoms with E-state index in [0.717, 1.165) is 6.54 Å². The topological polar surface area (TPSA) is 56.4 Å². The molecule has 0 aromatic heterocycles. The number of halogens is 3. The number of benzene rings is 1. The van der Waals surface area contributed by atoms with E-state index in [4.69, 9.17) is 0 Å². The first-order valence-corrected chi connectivity index (χ1v) is 7.52. The van der Waals surface area contributed by atoms with Gasteiger partial charge < -0.3 is 10.2 Å². The standard InChI is InChI=1S/C15H20F2N4O.ClH/c1-9-8-21(6-5-18-9)15(22)10-7-19-20-14(10)13-11(16)3-2-4-12(13)17;/h2-4,9-10,14,18-20H,5-8H2,1H3;1H/t9-,10?,14?;/m1./s1. The second-order valence-electron chi connectivity index (χ2n) is 5.88. The first-order valence-electron chi connectivity index (χ1n) is 7.52. The molecule has 0 radical (unpaired) electrons. The van der Waals surface area contributed by atoms with Crippen molar-refractivity contribution < 1.29 is 13.6 Å². The number of piperazine rings is 1. The zero-order valence-corrected chi connectivity index (χ0v) is 13.6. The SMILES string of the molecule is C[C@@H]1CN(C(=O)C2CNNC2c2c(F)cccc2F)CCN1.Cl. The summed E-state index contributed by atoms with van der Waals surface area (Å²) in [6.07, 6.45) is 0. The molecule has 3 rings (SSSR count). The van der Waals surface area contributed by atoms with E-state index < -0.39 is 23.6 Å². The lowest BCUT2D eigenvalue weighted by Crippen LogP contribution is -2.53. The van der Waals surface area contributed by atoms with E-state index in [9.17, 15) is 13.6 Å². The Bertz CT molecular complexity index is 554. The maximum atomic E-state index is 14.0. The first-order chi connectivity index (χ1) is 10.6. The predicted molar refractivity (Wildman–Crippen MR) is 85.0 cm³/mol. The van der Waals surface area contributed by atoms with Crippen LogP contribution in [0.25, 0.3) is 0 Å². The maximum absolute atomic E-state index is 14.0. The minimum absolute atomic E-state index is 0. The molecule has 0 bridgehead atoms. The number of hydrazine groups is 1. The fourth-order valence-electron chi connectivity index (χ4n) is 3.18. The number of hydrogen-bond donors (Lipinski definition) is 3. The number of hydrogen-bond acceptors (Lipinski definition) is 4. The summed E-state index contributed by atoms with van der Waals surface area (Å²) in [5.74, 6) is -1.85. The zero-order valence-electron chi connectivity index (χ0n) is 12.8. The Morgan fingerprint density at radius 2 is 2.00 bits per heavy atom. The van der Waals surface area contributed by atoms with Gasteiger partial charge in [0, 0.05) is 37.8 Å². The largest absolute Gasteiger partial charge is 0.340 e. The molecule has 8 heteroatoms. The summed E-state index contributed by atoms with van der Waals surface area (Å²) >= 11 is 0. The van der Waals surface area contributed by atoms with Crippen LogP contribution in [0.4, 0.5) is 8.78 Å². The molecule has 3 atom stereocenters. The smallest absolute Gasteiger partial charge is 0.229 e. The highest BCUT2D eigenvalue weighted by Gasteiger charge is 2.39. The van der Waals surface area contributed by atoms with E-state index in [2.05, 4.69) is 16.2 Å². The highest BCUT2D eigenvalue weighted by Crippen LogP contribution is 2.30. The van der Waals surface area contributed by atoms with Gasteiger partial charge in [0.1, 0.15) is 11.6 Å². The van der Waals surface area contributed by atoms with Gasteiger partial charge in [0.25, 0.3) is 0 Å². The van der Waals surface area contributed by atoms with Gasteiger partial charge in [0.05, 0.1) is 12.0 Å². The number of nitrogens with zero attached hydrogens (tertiary/aromatic N) is 1. The molecule has 2 heterocycles. The average Bonchev–Trinajstić information content (AvgIpc) is 2.95. The maximum Gasteiger partial charge on any atom is 0.229 e. The van der Waals surface area contributed by atoms with E-state index in [1.54, 1.807) is 4.90 Å². The molecule has 3 N–H and O–H groups in total. The number of nitrogens with one attached hydrogen (secondary N) is 3. The van der Waals surface area contributed by atoms with Crippen LogP contribution in [0.5, 0.6) is 0 Å². The van der Waals surface area contributed by atoms with Crippen molar-refractivity contribution in [3.63, 3.8) is 0 Å². The van der Waals surface area contributed by atoms with Crippen LogP contribution in [0.2, 0.25) is 0 Å². The van der Waals surface area contributed by atoms with Gasteiger partial charge in [0.15, 0.2) is 0 Å². The molecule has 2 aliphatic rings. The molecule has 0 aliphatic carbocycles. The molecule has 0 spiro atoms. The van der Waals surface area contributed by atoms with Crippen LogP contribution >= 0.6 is 12.4 Å². The summed E-state index contributed by atoms with van der Waals surface area (Å²) in [7, 11) is 0. The molecular formula is C15H21ClF2N4O. The van der Waals surface area contributed by atoms with E-state index in [1.807, 2.05) is 6.92 Å². The molecule has 2 aliphatic heterocycles. The highest BCUT2D eigenvalue weighted by molar-refractivity contribution is 5.85. The Labute approximate surface area is 140 Å². The van der Waals surface area contributed by atoms with Crippen LogP contribution < -0.4 is 16.2 Å². The Kier molecular flexibility index (Phi) is 5.91. The van der Waals surface area contributed by atoms with Crippen molar-refractivity contribution >= 4 is 18.3 Å². The summed E-state index contributed by atoms with van der Waals surface area (Å²) in [6, 6.07) is 3.29. The van der Waals surface area contributed by atoms with Crippen molar-refractivity contribution in [1.29, 1.82) is 0 Å². The van der Waals surface area contributed by atoms with E-state index in [0.29, 0.717) is 19.6 Å². The molecule has 2 unspecified atom stereocenters. The summed E-state index contributed by atoms with van der Waals surface area (Å²) in [5.41, 5.74) is 5.63. The quantitative estimate of drug-likeness (QED) is 0.747. The molecule has 23 heavy (non-hydrogen) atoms. The number of rotatable bonds is 2. The van der Waals surface area contributed by atoms with Gasteiger partial charge in [-0.2, -0.15) is 0 Å². The number of carbonyl (C=O) groups is 1. The van der Waals surface area contributed by atoms with Gasteiger partial charge in [-0.1, -0.05) is 6.07 Å². The summed E-state index contributed by atoms with van der Waals surface area (Å²) in [4.78, 5) is 14.5. The molecule has 1 amide bonds. The molecule has 0 saturated carbocycles. The molecule has 5 nitrogen and oxygen atoms in total. The van der Waals surface area contributed by atoms with Gasteiger partial charge in [-0.3, -0.25) is 10.2 Å². The Hall–Kier alpha value is -1.28. The third-order valence-corrected chi connectivity index (χ3v) is 4.29. The second kappa shape index (κ2) is 7.53. The Morgan fingerprint density at radius 3 is 2.65 bits per heavy atom. The molecule has 1 aromatic rings. The van der Waals surface area contributed by atoms with Crippen molar-refractivity contribution in [3.8, 4) is 0 Å². The molecular weight excluding hydrogens is 326 g/mol. The van der Waals surface area contributed by atoms with Crippen LogP contribution in [-0.2, 0) is 4.79 Å². The van der Waals surface area contributed by atoms with Gasteiger partial charge in [-0.25, -0.2) is 14.2 Å². The minimum atomic E-state index is -0.695. The van der Waals surface area contributed by atoms with Gasteiger partial charge in [-0.15, -0.1) is 12.4 Å². The third-order valence-electron chi connectivity index (χ3n) is 4.29. The summed E-state index contributed by atoms with van der Waals surface area (Å²) < 4.78 is 28.0. The van der Waals surface area contributed by atoms with Crippen LogP contribution in [0.1, 0.15) is 18.5 Å². The normalized spacial score (nSPS) is 27.6. The molecule has 1 aromatic carbocycles. The Balaban J connectivity index is 0.00000192.